The third-order valence-corrected chi connectivity index (χ3v) is 5.73. The van der Waals surface area contributed by atoms with Gasteiger partial charge < -0.3 is 4.42 Å². The van der Waals surface area contributed by atoms with Crippen LogP contribution in [-0.4, -0.2) is 28.0 Å². The minimum Gasteiger partial charge on any atom is -0.400 e. The highest BCUT2D eigenvalue weighted by atomic mass is 16.6. The lowest BCUT2D eigenvalue weighted by atomic mass is 9.63. The molecule has 6 rings (SSSR count). The molecule has 8 heteroatoms. The van der Waals surface area contributed by atoms with E-state index in [2.05, 4.69) is 17.3 Å². The van der Waals surface area contributed by atoms with Gasteiger partial charge in [0.1, 0.15) is 4.92 Å². The highest BCUT2D eigenvalue weighted by Gasteiger charge is 2.67. The highest BCUT2D eigenvalue weighted by molar-refractivity contribution is 6.06. The lowest BCUT2D eigenvalue weighted by Crippen LogP contribution is -2.40. The van der Waals surface area contributed by atoms with Gasteiger partial charge in [-0.1, -0.05) is 12.2 Å². The van der Waals surface area contributed by atoms with Crippen molar-refractivity contribution in [1.82, 2.24) is 5.01 Å². The monoisotopic (exact) mass is 327 g/mol. The first-order valence-corrected chi connectivity index (χ1v) is 7.90. The molecule has 8 nitrogen and oxygen atoms in total. The molecule has 0 radical (unpaired) electrons. The van der Waals surface area contributed by atoms with Crippen molar-refractivity contribution in [2.45, 2.75) is 6.42 Å². The van der Waals surface area contributed by atoms with Crippen LogP contribution in [0.5, 0.6) is 0 Å². The van der Waals surface area contributed by atoms with Gasteiger partial charge in [0.25, 0.3) is 11.8 Å². The predicted molar refractivity (Wildman–Crippen MR) is 79.5 cm³/mol. The Morgan fingerprint density at radius 1 is 1.17 bits per heavy atom. The zero-order valence-electron chi connectivity index (χ0n) is 12.4. The van der Waals surface area contributed by atoms with E-state index in [1.807, 2.05) is 0 Å². The Morgan fingerprint density at radius 2 is 1.79 bits per heavy atom. The number of furan rings is 1. The topological polar surface area (TPSA) is 106 Å². The first-order valence-electron chi connectivity index (χ1n) is 7.90. The fourth-order valence-electron chi connectivity index (χ4n) is 4.68. The number of imide groups is 1. The number of hydrogen-bond acceptors (Lipinski definition) is 6. The summed E-state index contributed by atoms with van der Waals surface area (Å²) in [5.74, 6) is -0.0765. The summed E-state index contributed by atoms with van der Waals surface area (Å²) in [6.45, 7) is 0. The maximum absolute atomic E-state index is 12.7. The molecular weight excluding hydrogens is 314 g/mol. The number of carbonyl (C=O) groups is 2. The highest BCUT2D eigenvalue weighted by Crippen LogP contribution is 2.65. The summed E-state index contributed by atoms with van der Waals surface area (Å²) in [6.07, 6.45) is 6.47. The van der Waals surface area contributed by atoms with Crippen molar-refractivity contribution in [3.8, 4) is 0 Å². The van der Waals surface area contributed by atoms with E-state index in [1.54, 1.807) is 0 Å². The van der Waals surface area contributed by atoms with E-state index in [-0.39, 0.29) is 41.2 Å². The van der Waals surface area contributed by atoms with E-state index in [9.17, 15) is 19.7 Å². The fourth-order valence-corrected chi connectivity index (χ4v) is 4.68. The number of amides is 2. The summed E-state index contributed by atoms with van der Waals surface area (Å²) in [7, 11) is 0. The number of hydrazone groups is 1. The molecule has 1 saturated heterocycles. The molecule has 0 spiro atoms. The van der Waals surface area contributed by atoms with Crippen molar-refractivity contribution < 1.29 is 18.9 Å². The van der Waals surface area contributed by atoms with E-state index in [0.717, 1.165) is 11.4 Å². The van der Waals surface area contributed by atoms with E-state index >= 15 is 0 Å². The molecule has 1 aromatic rings. The molecule has 0 N–H and O–H groups in total. The molecule has 1 aliphatic heterocycles. The summed E-state index contributed by atoms with van der Waals surface area (Å²) in [6, 6.07) is 2.58. The maximum atomic E-state index is 12.7. The van der Waals surface area contributed by atoms with Crippen LogP contribution >= 0.6 is 0 Å². The van der Waals surface area contributed by atoms with Crippen molar-refractivity contribution in [3.63, 3.8) is 0 Å². The molecule has 2 heterocycles. The number of rotatable bonds is 3. The maximum Gasteiger partial charge on any atom is 0.433 e. The lowest BCUT2D eigenvalue weighted by molar-refractivity contribution is -0.402. The number of nitro groups is 1. The average Bonchev–Trinajstić information content (AvgIpc) is 3.20. The Bertz CT molecular complexity index is 805. The summed E-state index contributed by atoms with van der Waals surface area (Å²) < 4.78 is 4.96. The molecule has 2 bridgehead atoms. The van der Waals surface area contributed by atoms with Crippen LogP contribution in [0.15, 0.2) is 33.8 Å². The van der Waals surface area contributed by atoms with Gasteiger partial charge in [-0.05, 0) is 36.2 Å². The zero-order chi connectivity index (χ0) is 16.6. The van der Waals surface area contributed by atoms with Crippen molar-refractivity contribution in [2.24, 2.45) is 40.6 Å². The molecule has 2 amide bonds. The zero-order valence-corrected chi connectivity index (χ0v) is 12.4. The lowest BCUT2D eigenvalue weighted by Gasteiger charge is -2.37. The second-order valence-corrected chi connectivity index (χ2v) is 6.82. The smallest absolute Gasteiger partial charge is 0.400 e. The first-order chi connectivity index (χ1) is 11.6. The molecule has 0 aromatic carbocycles. The van der Waals surface area contributed by atoms with Crippen LogP contribution in [0.2, 0.25) is 0 Å². The van der Waals surface area contributed by atoms with Gasteiger partial charge in [-0.15, -0.1) is 0 Å². The van der Waals surface area contributed by atoms with Gasteiger partial charge in [0.2, 0.25) is 0 Å². The van der Waals surface area contributed by atoms with Crippen molar-refractivity contribution in [1.29, 1.82) is 0 Å². The SMILES string of the molecule is O=C1[C@@H]2[C@@H]3C=C[C@H]([C@H]4C[C@H]34)[C@@H]2C(=O)N1/N=C\c1ccc([N+](=O)[O-])o1. The Morgan fingerprint density at radius 3 is 2.33 bits per heavy atom. The van der Waals surface area contributed by atoms with Crippen molar-refractivity contribution >= 4 is 23.9 Å². The number of hydrogen-bond donors (Lipinski definition) is 0. The number of allylic oxidation sites excluding steroid dienone is 2. The molecule has 4 aliphatic carbocycles. The van der Waals surface area contributed by atoms with Gasteiger partial charge in [0, 0.05) is 0 Å². The van der Waals surface area contributed by atoms with E-state index in [4.69, 9.17) is 4.42 Å². The summed E-state index contributed by atoms with van der Waals surface area (Å²) in [4.78, 5) is 35.3. The predicted octanol–water partition coefficient (Wildman–Crippen LogP) is 1.57. The molecule has 0 unspecified atom stereocenters. The Hall–Kier alpha value is -2.77. The minimum absolute atomic E-state index is 0.126. The quantitative estimate of drug-likeness (QED) is 0.275. The summed E-state index contributed by atoms with van der Waals surface area (Å²) >= 11 is 0. The van der Waals surface area contributed by atoms with Gasteiger partial charge in [-0.3, -0.25) is 19.7 Å². The minimum atomic E-state index is -0.659. The fraction of sp³-hybridized carbons (Fsp3) is 0.438. The van der Waals surface area contributed by atoms with E-state index in [0.29, 0.717) is 11.8 Å². The molecule has 1 aromatic heterocycles. The van der Waals surface area contributed by atoms with Crippen LogP contribution in [0.3, 0.4) is 0 Å². The number of carbonyl (C=O) groups excluding carboxylic acids is 2. The summed E-state index contributed by atoms with van der Waals surface area (Å²) in [5.41, 5.74) is 0. The largest absolute Gasteiger partial charge is 0.433 e. The van der Waals surface area contributed by atoms with Crippen LogP contribution in [0.1, 0.15) is 12.2 Å². The van der Waals surface area contributed by atoms with Gasteiger partial charge in [-0.2, -0.15) is 10.1 Å². The Labute approximate surface area is 135 Å². The molecule has 24 heavy (non-hydrogen) atoms. The average molecular weight is 327 g/mol. The van der Waals surface area contributed by atoms with E-state index < -0.39 is 10.8 Å². The molecule has 3 fully saturated rings. The Balaban J connectivity index is 1.42. The third-order valence-electron chi connectivity index (χ3n) is 5.73. The van der Waals surface area contributed by atoms with Crippen LogP contribution in [0.4, 0.5) is 5.88 Å². The normalized spacial score (nSPS) is 38.8. The van der Waals surface area contributed by atoms with Crippen LogP contribution in [0.25, 0.3) is 0 Å². The summed E-state index contributed by atoms with van der Waals surface area (Å²) in [5, 5.41) is 15.5. The van der Waals surface area contributed by atoms with Crippen molar-refractivity contribution in [3.05, 3.63) is 40.2 Å². The molecule has 122 valence electrons. The third kappa shape index (κ3) is 1.65. The molecule has 5 aliphatic rings. The molecule has 2 saturated carbocycles. The van der Waals surface area contributed by atoms with Crippen LogP contribution in [-0.2, 0) is 9.59 Å². The Kier molecular flexibility index (Phi) is 2.50. The van der Waals surface area contributed by atoms with E-state index in [1.165, 1.54) is 18.3 Å². The molecular formula is C16H13N3O5. The van der Waals surface area contributed by atoms with Gasteiger partial charge in [0.15, 0.2) is 5.76 Å². The second kappa shape index (κ2) is 4.40. The van der Waals surface area contributed by atoms with Crippen LogP contribution < -0.4 is 0 Å². The van der Waals surface area contributed by atoms with Gasteiger partial charge >= 0.3 is 5.88 Å². The van der Waals surface area contributed by atoms with Crippen LogP contribution in [0, 0.1) is 45.6 Å². The standard InChI is InChI=1S/C16H13N3O5/c20-15-13-8-2-3-9(11-5-10(8)11)14(13)16(21)18(15)17-6-7-1-4-12(24-7)19(22)23/h1-4,6,8-11,13-14H,5H2/b17-6-/t8-,9-,10-,11-,13-,14+/m1/s1. The molecule has 6 atom stereocenters. The first kappa shape index (κ1) is 13.6. The number of nitrogens with zero attached hydrogens (tertiary/aromatic N) is 3. The van der Waals surface area contributed by atoms with Gasteiger partial charge in [-0.25, -0.2) is 0 Å². The second-order valence-electron chi connectivity index (χ2n) is 6.82. The van der Waals surface area contributed by atoms with Gasteiger partial charge in [0.05, 0.1) is 24.1 Å². The van der Waals surface area contributed by atoms with Crippen molar-refractivity contribution in [2.75, 3.05) is 0 Å².